The number of aliphatic hydroxyl groups excluding tert-OH is 1. The summed E-state index contributed by atoms with van der Waals surface area (Å²) < 4.78 is 19.9. The molecule has 21 heavy (non-hydrogen) atoms. The normalized spacial score (nSPS) is 11.3. The Kier molecular flexibility index (Phi) is 6.61. The highest BCUT2D eigenvalue weighted by Gasteiger charge is 2.22. The van der Waals surface area contributed by atoms with Gasteiger partial charge in [0.25, 0.3) is 0 Å². The van der Waals surface area contributed by atoms with Crippen molar-refractivity contribution in [1.82, 2.24) is 4.90 Å². The SMILES string of the molecule is CC(C)(C)OC(=O)N(CCCO)Cc1cc(Br)ccc1F. The first-order chi connectivity index (χ1) is 9.73. The van der Waals surface area contributed by atoms with Crippen molar-refractivity contribution in [3.05, 3.63) is 34.1 Å². The van der Waals surface area contributed by atoms with Crippen LogP contribution in [0.2, 0.25) is 0 Å². The third-order valence-corrected chi connectivity index (χ3v) is 3.10. The van der Waals surface area contributed by atoms with Gasteiger partial charge in [-0.25, -0.2) is 9.18 Å². The van der Waals surface area contributed by atoms with E-state index in [-0.39, 0.29) is 19.0 Å². The number of halogens is 2. The quantitative estimate of drug-likeness (QED) is 0.869. The van der Waals surface area contributed by atoms with Gasteiger partial charge in [-0.05, 0) is 45.4 Å². The zero-order chi connectivity index (χ0) is 16.0. The van der Waals surface area contributed by atoms with Crippen molar-refractivity contribution >= 4 is 22.0 Å². The molecule has 0 aromatic heterocycles. The Morgan fingerprint density at radius 3 is 2.67 bits per heavy atom. The van der Waals surface area contributed by atoms with Crippen LogP contribution in [-0.2, 0) is 11.3 Å². The lowest BCUT2D eigenvalue weighted by molar-refractivity contribution is 0.0222. The van der Waals surface area contributed by atoms with Crippen LogP contribution in [0.5, 0.6) is 0 Å². The molecule has 0 saturated carbocycles. The molecule has 0 aliphatic carbocycles. The molecule has 0 heterocycles. The number of hydrogen-bond donors (Lipinski definition) is 1. The predicted molar refractivity (Wildman–Crippen MR) is 82.4 cm³/mol. The fraction of sp³-hybridized carbons (Fsp3) is 0.533. The molecule has 1 rings (SSSR count). The van der Waals surface area contributed by atoms with E-state index in [1.165, 1.54) is 11.0 Å². The van der Waals surface area contributed by atoms with Crippen molar-refractivity contribution < 1.29 is 19.0 Å². The van der Waals surface area contributed by atoms with E-state index in [2.05, 4.69) is 15.9 Å². The first kappa shape index (κ1) is 17.9. The Balaban J connectivity index is 2.87. The van der Waals surface area contributed by atoms with Gasteiger partial charge in [-0.3, -0.25) is 0 Å². The van der Waals surface area contributed by atoms with Crippen LogP contribution in [0.25, 0.3) is 0 Å². The molecule has 0 aliphatic heterocycles. The van der Waals surface area contributed by atoms with Gasteiger partial charge >= 0.3 is 6.09 Å². The number of ether oxygens (including phenoxy) is 1. The molecular weight excluding hydrogens is 341 g/mol. The highest BCUT2D eigenvalue weighted by molar-refractivity contribution is 9.10. The zero-order valence-electron chi connectivity index (χ0n) is 12.5. The molecule has 1 aromatic carbocycles. The van der Waals surface area contributed by atoms with Gasteiger partial charge in [0.2, 0.25) is 0 Å². The van der Waals surface area contributed by atoms with Gasteiger partial charge in [0.1, 0.15) is 11.4 Å². The predicted octanol–water partition coefficient (Wildman–Crippen LogP) is 3.71. The summed E-state index contributed by atoms with van der Waals surface area (Å²) in [5.41, 5.74) is -0.224. The van der Waals surface area contributed by atoms with Crippen molar-refractivity contribution in [3.63, 3.8) is 0 Å². The highest BCUT2D eigenvalue weighted by Crippen LogP contribution is 2.19. The summed E-state index contributed by atoms with van der Waals surface area (Å²) in [6, 6.07) is 4.58. The van der Waals surface area contributed by atoms with Crippen LogP contribution in [0, 0.1) is 5.82 Å². The number of benzene rings is 1. The molecule has 0 spiro atoms. The van der Waals surface area contributed by atoms with Crippen molar-refractivity contribution in [3.8, 4) is 0 Å². The topological polar surface area (TPSA) is 49.8 Å². The molecule has 1 amide bonds. The summed E-state index contributed by atoms with van der Waals surface area (Å²) in [6.07, 6.45) is -0.107. The second-order valence-corrected chi connectivity index (χ2v) is 6.63. The minimum Gasteiger partial charge on any atom is -0.444 e. The molecule has 6 heteroatoms. The number of carbonyl (C=O) groups excluding carboxylic acids is 1. The van der Waals surface area contributed by atoms with Gasteiger partial charge in [0.15, 0.2) is 0 Å². The van der Waals surface area contributed by atoms with Gasteiger partial charge in [-0.2, -0.15) is 0 Å². The minimum atomic E-state index is -0.621. The monoisotopic (exact) mass is 361 g/mol. The molecule has 0 saturated heterocycles. The smallest absolute Gasteiger partial charge is 0.410 e. The largest absolute Gasteiger partial charge is 0.444 e. The van der Waals surface area contributed by atoms with Crippen molar-refractivity contribution in [2.45, 2.75) is 39.3 Å². The van der Waals surface area contributed by atoms with Gasteiger partial charge < -0.3 is 14.7 Å². The average Bonchev–Trinajstić information content (AvgIpc) is 2.36. The second kappa shape index (κ2) is 7.75. The van der Waals surface area contributed by atoms with Crippen molar-refractivity contribution in [2.24, 2.45) is 0 Å². The van der Waals surface area contributed by atoms with Gasteiger partial charge in [-0.1, -0.05) is 15.9 Å². The van der Waals surface area contributed by atoms with Crippen LogP contribution in [0.3, 0.4) is 0 Å². The second-order valence-electron chi connectivity index (χ2n) is 5.71. The van der Waals surface area contributed by atoms with E-state index in [1.54, 1.807) is 32.9 Å². The lowest BCUT2D eigenvalue weighted by Gasteiger charge is -2.27. The maximum absolute atomic E-state index is 13.8. The number of amides is 1. The number of nitrogens with zero attached hydrogens (tertiary/aromatic N) is 1. The fourth-order valence-electron chi connectivity index (χ4n) is 1.69. The standard InChI is InChI=1S/C15H21BrFNO3/c1-15(2,3)21-14(20)18(7-4-8-19)10-11-9-12(16)5-6-13(11)17/h5-6,9,19H,4,7-8,10H2,1-3H3. The third-order valence-electron chi connectivity index (χ3n) is 2.61. The first-order valence-electron chi connectivity index (χ1n) is 6.75. The molecule has 1 N–H and O–H groups in total. The van der Waals surface area contributed by atoms with Crippen LogP contribution in [-0.4, -0.2) is 34.9 Å². The summed E-state index contributed by atoms with van der Waals surface area (Å²) in [5.74, 6) is -0.379. The Labute approximate surface area is 133 Å². The van der Waals surface area contributed by atoms with Gasteiger partial charge in [-0.15, -0.1) is 0 Å². The molecule has 118 valence electrons. The molecule has 0 unspecified atom stereocenters. The molecule has 0 bridgehead atoms. The number of rotatable bonds is 5. The molecule has 0 fully saturated rings. The maximum Gasteiger partial charge on any atom is 0.410 e. The third kappa shape index (κ3) is 6.44. The van der Waals surface area contributed by atoms with Crippen LogP contribution >= 0.6 is 15.9 Å². The molecule has 0 atom stereocenters. The number of carbonyl (C=O) groups is 1. The number of aliphatic hydroxyl groups is 1. The van der Waals surface area contributed by atoms with E-state index >= 15 is 0 Å². The lowest BCUT2D eigenvalue weighted by Crippen LogP contribution is -2.37. The van der Waals surface area contributed by atoms with Crippen LogP contribution < -0.4 is 0 Å². The van der Waals surface area contributed by atoms with Crippen molar-refractivity contribution in [1.29, 1.82) is 0 Å². The van der Waals surface area contributed by atoms with E-state index < -0.39 is 11.7 Å². The summed E-state index contributed by atoms with van der Waals surface area (Å²) in [6.45, 7) is 5.68. The summed E-state index contributed by atoms with van der Waals surface area (Å²) in [7, 11) is 0. The van der Waals surface area contributed by atoms with E-state index in [1.807, 2.05) is 0 Å². The summed E-state index contributed by atoms with van der Waals surface area (Å²) in [5, 5.41) is 8.93. The first-order valence-corrected chi connectivity index (χ1v) is 7.55. The van der Waals surface area contributed by atoms with Crippen LogP contribution in [0.1, 0.15) is 32.8 Å². The molecule has 1 aromatic rings. The summed E-state index contributed by atoms with van der Waals surface area (Å²) >= 11 is 3.28. The average molecular weight is 362 g/mol. The fourth-order valence-corrected chi connectivity index (χ4v) is 2.10. The van der Waals surface area contributed by atoms with E-state index in [0.29, 0.717) is 18.5 Å². The molecular formula is C15H21BrFNO3. The Bertz CT molecular complexity index is 488. The van der Waals surface area contributed by atoms with Gasteiger partial charge in [0, 0.05) is 23.2 Å². The van der Waals surface area contributed by atoms with E-state index in [9.17, 15) is 9.18 Å². The van der Waals surface area contributed by atoms with Crippen molar-refractivity contribution in [2.75, 3.05) is 13.2 Å². The minimum absolute atomic E-state index is 0.0414. The lowest BCUT2D eigenvalue weighted by atomic mass is 10.2. The molecule has 0 radical (unpaired) electrons. The Morgan fingerprint density at radius 2 is 2.10 bits per heavy atom. The van der Waals surface area contributed by atoms with Crippen LogP contribution in [0.15, 0.2) is 22.7 Å². The van der Waals surface area contributed by atoms with Crippen LogP contribution in [0.4, 0.5) is 9.18 Å². The molecule has 0 aliphatic rings. The Morgan fingerprint density at radius 1 is 1.43 bits per heavy atom. The summed E-state index contributed by atoms with van der Waals surface area (Å²) in [4.78, 5) is 13.5. The maximum atomic E-state index is 13.8. The number of hydrogen-bond acceptors (Lipinski definition) is 3. The van der Waals surface area contributed by atoms with E-state index in [0.717, 1.165) is 4.47 Å². The highest BCUT2D eigenvalue weighted by atomic mass is 79.9. The zero-order valence-corrected chi connectivity index (χ0v) is 14.1. The Hall–Kier alpha value is -1.14. The van der Waals surface area contributed by atoms with Gasteiger partial charge in [0.05, 0.1) is 6.54 Å². The molecule has 4 nitrogen and oxygen atoms in total. The van der Waals surface area contributed by atoms with E-state index in [4.69, 9.17) is 9.84 Å².